The van der Waals surface area contributed by atoms with E-state index in [1.165, 1.54) is 6.07 Å². The number of nitrogens with one attached hydrogen (secondary N) is 1. The number of rotatable bonds is 2. The molecule has 0 radical (unpaired) electrons. The van der Waals surface area contributed by atoms with Gasteiger partial charge in [0.2, 0.25) is 5.95 Å². The van der Waals surface area contributed by atoms with Crippen LogP contribution in [0.15, 0.2) is 23.0 Å². The molecule has 0 amide bonds. The van der Waals surface area contributed by atoms with Crippen molar-refractivity contribution in [1.82, 2.24) is 9.55 Å². The Labute approximate surface area is 125 Å². The summed E-state index contributed by atoms with van der Waals surface area (Å²) in [6.45, 7) is 0. The van der Waals surface area contributed by atoms with Gasteiger partial charge in [-0.3, -0.25) is 4.79 Å². The molecular weight excluding hydrogens is 323 g/mol. The summed E-state index contributed by atoms with van der Waals surface area (Å²) >= 11 is 0. The molecule has 120 valence electrons. The number of benzene rings is 1. The number of halogens is 5. The normalized spacial score (nSPS) is 11.2. The zero-order valence-electron chi connectivity index (χ0n) is 11.4. The van der Waals surface area contributed by atoms with Gasteiger partial charge in [-0.25, -0.2) is 18.3 Å². The van der Waals surface area contributed by atoms with Crippen LogP contribution in [-0.2, 0) is 6.18 Å². The van der Waals surface area contributed by atoms with Crippen molar-refractivity contribution in [3.05, 3.63) is 51.4 Å². The van der Waals surface area contributed by atoms with Gasteiger partial charge in [-0.1, -0.05) is 0 Å². The lowest BCUT2D eigenvalue weighted by atomic mass is 10.2. The largest absolute Gasteiger partial charge is 0.433 e. The molecule has 0 aliphatic heterocycles. The fraction of sp³-hybridized carbons (Fsp3) is 0.154. The van der Waals surface area contributed by atoms with E-state index in [-0.39, 0.29) is 6.07 Å². The highest BCUT2D eigenvalue weighted by Gasteiger charge is 2.34. The summed E-state index contributed by atoms with van der Waals surface area (Å²) < 4.78 is 66.0. The van der Waals surface area contributed by atoms with Gasteiger partial charge >= 0.3 is 6.18 Å². The average molecular weight is 330 g/mol. The van der Waals surface area contributed by atoms with Crippen molar-refractivity contribution in [3.63, 3.8) is 0 Å². The summed E-state index contributed by atoms with van der Waals surface area (Å²) in [5, 5.41) is 10.8. The molecule has 0 unspecified atom stereocenters. The van der Waals surface area contributed by atoms with Gasteiger partial charge in [-0.2, -0.15) is 18.4 Å². The molecule has 0 spiro atoms. The Balaban J connectivity index is 2.78. The molecule has 5 nitrogen and oxygen atoms in total. The summed E-state index contributed by atoms with van der Waals surface area (Å²) in [5.41, 5.74) is -4.01. The number of aromatic nitrogens is 2. The predicted molar refractivity (Wildman–Crippen MR) is 69.0 cm³/mol. The number of hydrogen-bond acceptors (Lipinski definition) is 4. The standard InChI is InChI=1S/C13H7F5N4O/c1-20-12-21-10(13(16,17)18)4-11(23)22(12)9-3-7(14)6(5-19)2-8(9)15/h2-4H,1H3,(H,20,21). The fourth-order valence-corrected chi connectivity index (χ4v) is 1.82. The highest BCUT2D eigenvalue weighted by molar-refractivity contribution is 5.47. The first-order valence-corrected chi connectivity index (χ1v) is 5.97. The van der Waals surface area contributed by atoms with Crippen LogP contribution in [0.2, 0.25) is 0 Å². The third-order valence-electron chi connectivity index (χ3n) is 2.83. The number of anilines is 1. The zero-order valence-corrected chi connectivity index (χ0v) is 11.4. The third kappa shape index (κ3) is 2.98. The van der Waals surface area contributed by atoms with E-state index in [1.807, 2.05) is 0 Å². The zero-order chi connectivity index (χ0) is 17.4. The van der Waals surface area contributed by atoms with Gasteiger partial charge in [0.15, 0.2) is 5.69 Å². The molecule has 10 heteroatoms. The second kappa shape index (κ2) is 5.68. The highest BCUT2D eigenvalue weighted by Crippen LogP contribution is 2.28. The van der Waals surface area contributed by atoms with Crippen LogP contribution < -0.4 is 10.9 Å². The van der Waals surface area contributed by atoms with Crippen LogP contribution in [0.4, 0.5) is 27.9 Å². The van der Waals surface area contributed by atoms with Crippen molar-refractivity contribution in [2.75, 3.05) is 12.4 Å². The third-order valence-corrected chi connectivity index (χ3v) is 2.83. The Kier molecular flexibility index (Phi) is 4.05. The molecule has 0 saturated carbocycles. The van der Waals surface area contributed by atoms with E-state index in [4.69, 9.17) is 5.26 Å². The van der Waals surface area contributed by atoms with E-state index in [0.717, 1.165) is 7.05 Å². The van der Waals surface area contributed by atoms with E-state index in [1.54, 1.807) is 0 Å². The van der Waals surface area contributed by atoms with Crippen LogP contribution in [0, 0.1) is 23.0 Å². The minimum atomic E-state index is -4.88. The first-order valence-electron chi connectivity index (χ1n) is 5.97. The molecule has 1 aromatic carbocycles. The monoisotopic (exact) mass is 330 g/mol. The van der Waals surface area contributed by atoms with E-state index >= 15 is 0 Å². The van der Waals surface area contributed by atoms with E-state index < -0.39 is 46.3 Å². The topological polar surface area (TPSA) is 70.7 Å². The van der Waals surface area contributed by atoms with Crippen LogP contribution in [0.25, 0.3) is 5.69 Å². The average Bonchev–Trinajstić information content (AvgIpc) is 2.47. The van der Waals surface area contributed by atoms with E-state index in [9.17, 15) is 26.7 Å². The maximum atomic E-state index is 14.0. The van der Waals surface area contributed by atoms with Gasteiger partial charge in [0.05, 0.1) is 11.3 Å². The molecule has 23 heavy (non-hydrogen) atoms. The summed E-state index contributed by atoms with van der Waals surface area (Å²) in [6, 6.07) is 2.64. The Hall–Kier alpha value is -2.96. The lowest BCUT2D eigenvalue weighted by Gasteiger charge is -2.15. The smallest absolute Gasteiger partial charge is 0.358 e. The molecule has 2 aromatic rings. The number of alkyl halides is 3. The Morgan fingerprint density at radius 1 is 1.22 bits per heavy atom. The molecular formula is C13H7F5N4O. The van der Waals surface area contributed by atoms with Gasteiger partial charge in [0.1, 0.15) is 17.7 Å². The minimum Gasteiger partial charge on any atom is -0.358 e. The molecule has 0 fully saturated rings. The van der Waals surface area contributed by atoms with Crippen LogP contribution in [-0.4, -0.2) is 16.6 Å². The summed E-state index contributed by atoms with van der Waals surface area (Å²) in [7, 11) is 1.16. The Bertz CT molecular complexity index is 866. The fourth-order valence-electron chi connectivity index (χ4n) is 1.82. The van der Waals surface area contributed by atoms with Gasteiger partial charge in [0, 0.05) is 19.2 Å². The maximum absolute atomic E-state index is 14.0. The number of hydrogen-bond donors (Lipinski definition) is 1. The van der Waals surface area contributed by atoms with E-state index in [2.05, 4.69) is 10.3 Å². The molecule has 1 N–H and O–H groups in total. The van der Waals surface area contributed by atoms with Crippen molar-refractivity contribution in [3.8, 4) is 11.8 Å². The molecule has 0 aliphatic rings. The molecule has 2 rings (SSSR count). The van der Waals surface area contributed by atoms with Gasteiger partial charge in [-0.15, -0.1) is 0 Å². The van der Waals surface area contributed by atoms with E-state index in [0.29, 0.717) is 16.7 Å². The first kappa shape index (κ1) is 16.4. The molecule has 1 heterocycles. The van der Waals surface area contributed by atoms with Gasteiger partial charge < -0.3 is 5.32 Å². The summed E-state index contributed by atoms with van der Waals surface area (Å²) in [6.07, 6.45) is -4.88. The lowest BCUT2D eigenvalue weighted by molar-refractivity contribution is -0.141. The number of nitrogens with zero attached hydrogens (tertiary/aromatic N) is 3. The molecule has 1 aromatic heterocycles. The summed E-state index contributed by atoms with van der Waals surface area (Å²) in [4.78, 5) is 15.1. The van der Waals surface area contributed by atoms with Crippen LogP contribution >= 0.6 is 0 Å². The number of nitriles is 1. The van der Waals surface area contributed by atoms with Crippen molar-refractivity contribution < 1.29 is 22.0 Å². The Morgan fingerprint density at radius 2 is 1.87 bits per heavy atom. The van der Waals surface area contributed by atoms with Gasteiger partial charge in [0.25, 0.3) is 5.56 Å². The maximum Gasteiger partial charge on any atom is 0.433 e. The highest BCUT2D eigenvalue weighted by atomic mass is 19.4. The second-order valence-electron chi connectivity index (χ2n) is 4.28. The first-order chi connectivity index (χ1) is 10.7. The van der Waals surface area contributed by atoms with Crippen LogP contribution in [0.3, 0.4) is 0 Å². The molecule has 0 atom stereocenters. The van der Waals surface area contributed by atoms with Gasteiger partial charge in [-0.05, 0) is 6.07 Å². The van der Waals surface area contributed by atoms with Crippen molar-refractivity contribution in [2.45, 2.75) is 6.18 Å². The quantitative estimate of drug-likeness (QED) is 0.859. The summed E-state index contributed by atoms with van der Waals surface area (Å²) in [5.74, 6) is -2.92. The van der Waals surface area contributed by atoms with Crippen molar-refractivity contribution >= 4 is 5.95 Å². The molecule has 0 aliphatic carbocycles. The second-order valence-corrected chi connectivity index (χ2v) is 4.28. The molecule has 0 bridgehead atoms. The van der Waals surface area contributed by atoms with Crippen molar-refractivity contribution in [2.24, 2.45) is 0 Å². The SMILES string of the molecule is CNc1nc(C(F)(F)F)cc(=O)n1-c1cc(F)c(C#N)cc1F. The molecule has 0 saturated heterocycles. The minimum absolute atomic E-state index is 0.163. The van der Waals surface area contributed by atoms with Crippen LogP contribution in [0.1, 0.15) is 11.3 Å². The lowest BCUT2D eigenvalue weighted by Crippen LogP contribution is -2.26. The van der Waals surface area contributed by atoms with Crippen molar-refractivity contribution in [1.29, 1.82) is 5.26 Å². The Morgan fingerprint density at radius 3 is 2.39 bits per heavy atom. The van der Waals surface area contributed by atoms with Crippen LogP contribution in [0.5, 0.6) is 0 Å². The predicted octanol–water partition coefficient (Wildman–Crippen LogP) is 2.44.